The van der Waals surface area contributed by atoms with Gasteiger partial charge in [-0.25, -0.2) is 4.79 Å². The summed E-state index contributed by atoms with van der Waals surface area (Å²) in [4.78, 5) is 11.5. The number of rotatable bonds is 5. The van der Waals surface area contributed by atoms with Crippen LogP contribution >= 0.6 is 23.5 Å². The number of benzene rings is 2. The van der Waals surface area contributed by atoms with Gasteiger partial charge in [-0.1, -0.05) is 61.2 Å². The summed E-state index contributed by atoms with van der Waals surface area (Å²) in [6, 6.07) is 19.2. The summed E-state index contributed by atoms with van der Waals surface area (Å²) in [5.74, 6) is 0.704. The number of esters is 1. The average molecular weight is 357 g/mol. The summed E-state index contributed by atoms with van der Waals surface area (Å²) in [5, 5.41) is 0.345. The number of thioether (sulfide) groups is 2. The van der Waals surface area contributed by atoms with E-state index in [0.717, 1.165) is 5.75 Å². The Hall–Kier alpha value is -1.65. The van der Waals surface area contributed by atoms with Gasteiger partial charge in [0.2, 0.25) is 0 Å². The molecular formula is C20H20O2S2. The molecular weight excluding hydrogens is 336 g/mol. The molecule has 3 rings (SSSR count). The number of ether oxygens (including phenoxy) is 1. The van der Waals surface area contributed by atoms with E-state index in [9.17, 15) is 4.79 Å². The summed E-state index contributed by atoms with van der Waals surface area (Å²) in [5.41, 5.74) is 4.25. The fourth-order valence-corrected chi connectivity index (χ4v) is 5.68. The molecule has 1 fully saturated rings. The molecule has 0 amide bonds. The second-order valence-corrected chi connectivity index (χ2v) is 8.64. The normalized spacial score (nSPS) is 19.9. The van der Waals surface area contributed by atoms with Crippen LogP contribution in [0.5, 0.6) is 0 Å². The minimum absolute atomic E-state index is 0.295. The predicted octanol–water partition coefficient (Wildman–Crippen LogP) is 5.32. The van der Waals surface area contributed by atoms with Crippen LogP contribution in [0.25, 0.3) is 11.1 Å². The lowest BCUT2D eigenvalue weighted by molar-refractivity contribution is -0.138. The van der Waals surface area contributed by atoms with Crippen molar-refractivity contribution in [2.45, 2.75) is 16.8 Å². The molecule has 4 heteroatoms. The van der Waals surface area contributed by atoms with Gasteiger partial charge in [-0.05, 0) is 23.6 Å². The van der Waals surface area contributed by atoms with E-state index in [0.29, 0.717) is 22.0 Å². The van der Waals surface area contributed by atoms with E-state index in [4.69, 9.17) is 4.74 Å². The largest absolute Gasteiger partial charge is 0.461 e. The highest BCUT2D eigenvalue weighted by Gasteiger charge is 2.28. The van der Waals surface area contributed by atoms with E-state index in [1.165, 1.54) is 16.7 Å². The Bertz CT molecular complexity index is 710. The molecule has 2 aromatic rings. The SMILES string of the molecule is C=C(C)C(=O)OCC1CSC(c2ccc(-c3ccccc3)cc2)S1. The van der Waals surface area contributed by atoms with Gasteiger partial charge in [0.15, 0.2) is 0 Å². The van der Waals surface area contributed by atoms with Gasteiger partial charge in [-0.2, -0.15) is 0 Å². The van der Waals surface area contributed by atoms with E-state index in [1.807, 2.05) is 29.6 Å². The molecule has 0 saturated carbocycles. The zero-order valence-electron chi connectivity index (χ0n) is 13.6. The number of hydrogen-bond acceptors (Lipinski definition) is 4. The highest BCUT2D eigenvalue weighted by Crippen LogP contribution is 2.49. The lowest BCUT2D eigenvalue weighted by Gasteiger charge is -2.12. The van der Waals surface area contributed by atoms with Crippen LogP contribution in [0.3, 0.4) is 0 Å². The number of carbonyl (C=O) groups is 1. The number of carbonyl (C=O) groups excluding carboxylic acids is 1. The Morgan fingerprint density at radius 1 is 1.12 bits per heavy atom. The Morgan fingerprint density at radius 2 is 1.79 bits per heavy atom. The molecule has 0 N–H and O–H groups in total. The molecule has 0 aromatic heterocycles. The van der Waals surface area contributed by atoms with Gasteiger partial charge >= 0.3 is 5.97 Å². The van der Waals surface area contributed by atoms with Crippen molar-refractivity contribution in [3.8, 4) is 11.1 Å². The molecule has 2 unspecified atom stereocenters. The van der Waals surface area contributed by atoms with Crippen molar-refractivity contribution < 1.29 is 9.53 Å². The molecule has 0 aliphatic carbocycles. The second kappa shape index (κ2) is 7.95. The molecule has 1 aliphatic rings. The van der Waals surface area contributed by atoms with Crippen LogP contribution in [-0.4, -0.2) is 23.6 Å². The van der Waals surface area contributed by atoms with Gasteiger partial charge in [0.25, 0.3) is 0 Å². The van der Waals surface area contributed by atoms with E-state index in [-0.39, 0.29) is 5.97 Å². The van der Waals surface area contributed by atoms with E-state index in [2.05, 4.69) is 55.1 Å². The lowest BCUT2D eigenvalue weighted by Crippen LogP contribution is -2.16. The monoisotopic (exact) mass is 356 g/mol. The first kappa shape index (κ1) is 17.2. The van der Waals surface area contributed by atoms with Gasteiger partial charge < -0.3 is 4.74 Å². The lowest BCUT2D eigenvalue weighted by atomic mass is 10.0. The van der Waals surface area contributed by atoms with Crippen LogP contribution in [0.4, 0.5) is 0 Å². The molecule has 0 radical (unpaired) electrons. The van der Waals surface area contributed by atoms with Gasteiger partial charge in [0.1, 0.15) is 6.61 Å². The fourth-order valence-electron chi connectivity index (χ4n) is 2.47. The zero-order valence-corrected chi connectivity index (χ0v) is 15.2. The van der Waals surface area contributed by atoms with Crippen molar-refractivity contribution in [2.75, 3.05) is 12.4 Å². The first-order chi connectivity index (χ1) is 11.6. The quantitative estimate of drug-likeness (QED) is 0.535. The Labute approximate surface area is 151 Å². The highest BCUT2D eigenvalue weighted by molar-refractivity contribution is 8.19. The van der Waals surface area contributed by atoms with Crippen molar-refractivity contribution in [3.63, 3.8) is 0 Å². The zero-order chi connectivity index (χ0) is 16.9. The van der Waals surface area contributed by atoms with Crippen LogP contribution in [0.1, 0.15) is 17.1 Å². The van der Waals surface area contributed by atoms with Crippen LogP contribution in [0.15, 0.2) is 66.7 Å². The van der Waals surface area contributed by atoms with Crippen LogP contribution in [-0.2, 0) is 9.53 Å². The minimum Gasteiger partial charge on any atom is -0.461 e. The summed E-state index contributed by atoms with van der Waals surface area (Å²) >= 11 is 3.79. The maximum atomic E-state index is 11.5. The van der Waals surface area contributed by atoms with Crippen molar-refractivity contribution in [1.82, 2.24) is 0 Å². The van der Waals surface area contributed by atoms with Crippen molar-refractivity contribution in [2.24, 2.45) is 0 Å². The molecule has 1 heterocycles. The standard InChI is InChI=1S/C20H20O2S2/c1-14(2)19(21)22-12-18-13-23-20(24-18)17-10-8-16(9-11-17)15-6-4-3-5-7-15/h3-11,18,20H,1,12-13H2,2H3. The van der Waals surface area contributed by atoms with Crippen molar-refractivity contribution in [3.05, 3.63) is 72.3 Å². The summed E-state index contributed by atoms with van der Waals surface area (Å²) in [7, 11) is 0. The van der Waals surface area contributed by atoms with E-state index in [1.54, 1.807) is 6.92 Å². The third-order valence-electron chi connectivity index (χ3n) is 3.79. The van der Waals surface area contributed by atoms with Crippen molar-refractivity contribution >= 4 is 29.5 Å². The molecule has 124 valence electrons. The summed E-state index contributed by atoms with van der Waals surface area (Å²) < 4.78 is 5.68. The third kappa shape index (κ3) is 4.25. The van der Waals surface area contributed by atoms with Crippen LogP contribution < -0.4 is 0 Å². The summed E-state index contributed by atoms with van der Waals surface area (Å²) in [6.07, 6.45) is 0. The topological polar surface area (TPSA) is 26.3 Å². The Morgan fingerprint density at radius 3 is 2.46 bits per heavy atom. The van der Waals surface area contributed by atoms with E-state index >= 15 is 0 Å². The molecule has 1 aliphatic heterocycles. The minimum atomic E-state index is -0.295. The second-order valence-electron chi connectivity index (χ2n) is 5.79. The predicted molar refractivity (Wildman–Crippen MR) is 104 cm³/mol. The van der Waals surface area contributed by atoms with E-state index < -0.39 is 0 Å². The Kier molecular flexibility index (Phi) is 5.69. The molecule has 1 saturated heterocycles. The van der Waals surface area contributed by atoms with Crippen LogP contribution in [0.2, 0.25) is 0 Å². The molecule has 2 aromatic carbocycles. The first-order valence-corrected chi connectivity index (χ1v) is 9.88. The highest BCUT2D eigenvalue weighted by atomic mass is 32.2. The van der Waals surface area contributed by atoms with Gasteiger partial charge in [-0.3, -0.25) is 0 Å². The third-order valence-corrected chi connectivity index (χ3v) is 7.12. The fraction of sp³-hybridized carbons (Fsp3) is 0.250. The number of hydrogen-bond donors (Lipinski definition) is 0. The molecule has 0 bridgehead atoms. The Balaban J connectivity index is 1.58. The van der Waals surface area contributed by atoms with Gasteiger partial charge in [0.05, 0.1) is 4.58 Å². The molecule has 2 nitrogen and oxygen atoms in total. The maximum absolute atomic E-state index is 11.5. The average Bonchev–Trinajstić information content (AvgIpc) is 3.09. The van der Waals surface area contributed by atoms with Crippen molar-refractivity contribution in [1.29, 1.82) is 0 Å². The molecule has 24 heavy (non-hydrogen) atoms. The summed E-state index contributed by atoms with van der Waals surface area (Å²) in [6.45, 7) is 5.75. The first-order valence-electron chi connectivity index (χ1n) is 7.88. The molecule has 0 spiro atoms. The van der Waals surface area contributed by atoms with Crippen LogP contribution in [0, 0.1) is 0 Å². The van der Waals surface area contributed by atoms with Gasteiger partial charge in [-0.15, -0.1) is 23.5 Å². The smallest absolute Gasteiger partial charge is 0.333 e. The molecule has 2 atom stereocenters. The van der Waals surface area contributed by atoms with Gasteiger partial charge in [0, 0.05) is 16.6 Å². The maximum Gasteiger partial charge on any atom is 0.333 e.